The van der Waals surface area contributed by atoms with Crippen LogP contribution in [0.25, 0.3) is 6.08 Å². The molecule has 0 bridgehead atoms. The van der Waals surface area contributed by atoms with Gasteiger partial charge in [0.1, 0.15) is 12.4 Å². The predicted molar refractivity (Wildman–Crippen MR) is 112 cm³/mol. The summed E-state index contributed by atoms with van der Waals surface area (Å²) in [6.07, 6.45) is 3.54. The van der Waals surface area contributed by atoms with E-state index in [9.17, 15) is 4.79 Å². The summed E-state index contributed by atoms with van der Waals surface area (Å²) < 4.78 is 6.89. The van der Waals surface area contributed by atoms with Gasteiger partial charge in [0, 0.05) is 4.47 Å². The minimum Gasteiger partial charge on any atom is -0.490 e. The smallest absolute Gasteiger partial charge is 0.270 e. The molecule has 0 atom stereocenters. The van der Waals surface area contributed by atoms with E-state index in [0.717, 1.165) is 21.5 Å². The Bertz CT molecular complexity index is 862. The van der Waals surface area contributed by atoms with Crippen LogP contribution in [0.2, 0.25) is 0 Å². The van der Waals surface area contributed by atoms with E-state index in [-0.39, 0.29) is 5.91 Å². The van der Waals surface area contributed by atoms with Gasteiger partial charge in [-0.1, -0.05) is 70.8 Å². The lowest BCUT2D eigenvalue weighted by Gasteiger charge is -2.14. The molecule has 0 aromatic heterocycles. The van der Waals surface area contributed by atoms with Crippen molar-refractivity contribution in [3.63, 3.8) is 0 Å². The van der Waals surface area contributed by atoms with Gasteiger partial charge in [-0.3, -0.25) is 9.69 Å². The highest BCUT2D eigenvalue weighted by Gasteiger charge is 2.33. The van der Waals surface area contributed by atoms with Gasteiger partial charge in [-0.15, -0.1) is 0 Å². The Morgan fingerprint density at radius 2 is 2.00 bits per heavy atom. The molecule has 2 aromatic rings. The van der Waals surface area contributed by atoms with Crippen LogP contribution in [0, 0.1) is 0 Å². The van der Waals surface area contributed by atoms with Crippen molar-refractivity contribution in [3.05, 3.63) is 76.1 Å². The number of rotatable bonds is 5. The molecular weight excluding hydrogens is 418 g/mol. The van der Waals surface area contributed by atoms with Crippen LogP contribution in [0.4, 0.5) is 5.69 Å². The zero-order valence-electron chi connectivity index (χ0n) is 13.1. The van der Waals surface area contributed by atoms with Crippen LogP contribution in [-0.2, 0) is 4.79 Å². The standard InChI is InChI=1S/C19H14BrNO2S2/c1-2-10-23-16-8-6-13(7-9-16)11-17-18(22)21(19(24)25-17)15-5-3-4-14(20)12-15/h2-9,11-12H,1,10H2/b17-11-. The molecule has 3 nitrogen and oxygen atoms in total. The van der Waals surface area contributed by atoms with Crippen LogP contribution in [0.1, 0.15) is 5.56 Å². The molecule has 1 amide bonds. The second kappa shape index (κ2) is 7.99. The van der Waals surface area contributed by atoms with Crippen LogP contribution in [0.15, 0.2) is 70.6 Å². The van der Waals surface area contributed by atoms with E-state index < -0.39 is 0 Å². The highest BCUT2D eigenvalue weighted by atomic mass is 79.9. The molecule has 0 spiro atoms. The molecule has 1 heterocycles. The molecule has 126 valence electrons. The summed E-state index contributed by atoms with van der Waals surface area (Å²) in [4.78, 5) is 14.9. The summed E-state index contributed by atoms with van der Waals surface area (Å²) in [5, 5.41) is 0. The first-order valence-corrected chi connectivity index (χ1v) is 9.47. The second-order valence-corrected chi connectivity index (χ2v) is 7.76. The molecule has 1 fully saturated rings. The zero-order chi connectivity index (χ0) is 17.8. The third-order valence-corrected chi connectivity index (χ3v) is 5.20. The number of halogens is 1. The number of thioether (sulfide) groups is 1. The summed E-state index contributed by atoms with van der Waals surface area (Å²) in [5.41, 5.74) is 1.68. The maximum atomic E-state index is 12.7. The molecule has 6 heteroatoms. The molecule has 1 aliphatic rings. The molecular formula is C19H14BrNO2S2. The minimum atomic E-state index is -0.111. The van der Waals surface area contributed by atoms with Crippen molar-refractivity contribution in [2.75, 3.05) is 11.5 Å². The molecule has 3 rings (SSSR count). The first kappa shape index (κ1) is 17.9. The quantitative estimate of drug-likeness (QED) is 0.359. The Kier molecular flexibility index (Phi) is 5.73. The number of thiocarbonyl (C=S) groups is 1. The summed E-state index contributed by atoms with van der Waals surface area (Å²) in [6.45, 7) is 4.08. The largest absolute Gasteiger partial charge is 0.490 e. The molecule has 0 radical (unpaired) electrons. The van der Waals surface area contributed by atoms with Crippen LogP contribution < -0.4 is 9.64 Å². The normalized spacial score (nSPS) is 15.7. The van der Waals surface area contributed by atoms with Crippen molar-refractivity contribution in [3.8, 4) is 5.75 Å². The van der Waals surface area contributed by atoms with Crippen molar-refractivity contribution in [1.82, 2.24) is 0 Å². The van der Waals surface area contributed by atoms with Gasteiger partial charge in [-0.2, -0.15) is 0 Å². The van der Waals surface area contributed by atoms with Crippen molar-refractivity contribution in [2.24, 2.45) is 0 Å². The summed E-state index contributed by atoms with van der Waals surface area (Å²) in [7, 11) is 0. The SMILES string of the molecule is C=CCOc1ccc(/C=C2\SC(=S)N(c3cccc(Br)c3)C2=O)cc1. The Labute approximate surface area is 164 Å². The van der Waals surface area contributed by atoms with E-state index in [2.05, 4.69) is 22.5 Å². The van der Waals surface area contributed by atoms with E-state index in [1.807, 2.05) is 54.6 Å². The van der Waals surface area contributed by atoms with Gasteiger partial charge in [0.25, 0.3) is 5.91 Å². The first-order valence-electron chi connectivity index (χ1n) is 7.46. The number of ether oxygens (including phenoxy) is 1. The van der Waals surface area contributed by atoms with Crippen LogP contribution in [0.5, 0.6) is 5.75 Å². The number of amides is 1. The summed E-state index contributed by atoms with van der Waals surface area (Å²) in [5.74, 6) is 0.652. The van der Waals surface area contributed by atoms with E-state index >= 15 is 0 Å². The molecule has 0 aliphatic carbocycles. The van der Waals surface area contributed by atoms with Crippen LogP contribution in [-0.4, -0.2) is 16.8 Å². The number of carbonyl (C=O) groups excluding carboxylic acids is 1. The number of anilines is 1. The Morgan fingerprint density at radius 1 is 1.24 bits per heavy atom. The number of carbonyl (C=O) groups is 1. The highest BCUT2D eigenvalue weighted by molar-refractivity contribution is 9.10. The number of nitrogens with zero attached hydrogens (tertiary/aromatic N) is 1. The lowest BCUT2D eigenvalue weighted by molar-refractivity contribution is -0.113. The Balaban J connectivity index is 1.81. The molecule has 0 saturated carbocycles. The second-order valence-electron chi connectivity index (χ2n) is 5.17. The number of hydrogen-bond acceptors (Lipinski definition) is 4. The molecule has 0 unspecified atom stereocenters. The Morgan fingerprint density at radius 3 is 2.68 bits per heavy atom. The molecule has 1 saturated heterocycles. The van der Waals surface area contributed by atoms with Crippen molar-refractivity contribution in [2.45, 2.75) is 0 Å². The van der Waals surface area contributed by atoms with Gasteiger partial charge in [0.2, 0.25) is 0 Å². The zero-order valence-corrected chi connectivity index (χ0v) is 16.4. The van der Waals surface area contributed by atoms with Gasteiger partial charge >= 0.3 is 0 Å². The van der Waals surface area contributed by atoms with Gasteiger partial charge in [-0.25, -0.2) is 0 Å². The lowest BCUT2D eigenvalue weighted by atomic mass is 10.2. The third kappa shape index (κ3) is 4.21. The van der Waals surface area contributed by atoms with Gasteiger partial charge in [-0.05, 0) is 42.0 Å². The fourth-order valence-electron chi connectivity index (χ4n) is 2.27. The lowest BCUT2D eigenvalue weighted by Crippen LogP contribution is -2.27. The van der Waals surface area contributed by atoms with E-state index in [4.69, 9.17) is 17.0 Å². The number of benzene rings is 2. The topological polar surface area (TPSA) is 29.5 Å². The molecule has 2 aromatic carbocycles. The molecule has 0 N–H and O–H groups in total. The van der Waals surface area contributed by atoms with E-state index in [1.165, 1.54) is 11.8 Å². The van der Waals surface area contributed by atoms with Gasteiger partial charge in [0.15, 0.2) is 4.32 Å². The maximum absolute atomic E-state index is 12.7. The van der Waals surface area contributed by atoms with Crippen molar-refractivity contribution >= 4 is 61.9 Å². The average molecular weight is 432 g/mol. The first-order chi connectivity index (χ1) is 12.1. The Hall–Kier alpha value is -1.89. The summed E-state index contributed by atoms with van der Waals surface area (Å²) in [6, 6.07) is 15.1. The monoisotopic (exact) mass is 431 g/mol. The van der Waals surface area contributed by atoms with Gasteiger partial charge in [0.05, 0.1) is 10.6 Å². The van der Waals surface area contributed by atoms with Crippen molar-refractivity contribution < 1.29 is 9.53 Å². The molecule has 1 aliphatic heterocycles. The summed E-state index contributed by atoms with van der Waals surface area (Å²) >= 11 is 10.1. The highest BCUT2D eigenvalue weighted by Crippen LogP contribution is 2.36. The maximum Gasteiger partial charge on any atom is 0.270 e. The van der Waals surface area contributed by atoms with Gasteiger partial charge < -0.3 is 4.74 Å². The van der Waals surface area contributed by atoms with Crippen molar-refractivity contribution in [1.29, 1.82) is 0 Å². The third-order valence-electron chi connectivity index (χ3n) is 3.41. The van der Waals surface area contributed by atoms with E-state index in [0.29, 0.717) is 15.8 Å². The fourth-order valence-corrected chi connectivity index (χ4v) is 3.96. The predicted octanol–water partition coefficient (Wildman–Crippen LogP) is 5.42. The fraction of sp³-hybridized carbons (Fsp3) is 0.0526. The number of hydrogen-bond donors (Lipinski definition) is 0. The molecule has 25 heavy (non-hydrogen) atoms. The van der Waals surface area contributed by atoms with Crippen LogP contribution >= 0.6 is 39.9 Å². The average Bonchev–Trinajstić information content (AvgIpc) is 2.88. The van der Waals surface area contributed by atoms with Crippen LogP contribution in [0.3, 0.4) is 0 Å². The minimum absolute atomic E-state index is 0.111. The van der Waals surface area contributed by atoms with E-state index in [1.54, 1.807) is 11.0 Å².